The first-order valence-corrected chi connectivity index (χ1v) is 8.24. The van der Waals surface area contributed by atoms with Crippen molar-refractivity contribution in [3.63, 3.8) is 0 Å². The fraction of sp³-hybridized carbons (Fsp3) is 0.417. The van der Waals surface area contributed by atoms with E-state index in [9.17, 15) is 13.2 Å². The predicted octanol–water partition coefficient (Wildman–Crippen LogP) is 0.882. The van der Waals surface area contributed by atoms with E-state index in [0.717, 1.165) is 22.2 Å². The topological polar surface area (TPSA) is 63.7 Å². The van der Waals surface area contributed by atoms with Crippen molar-refractivity contribution in [1.29, 1.82) is 0 Å². The molecular formula is C12H13NO4S2. The molecule has 0 spiro atoms. The number of fused-ring (bicyclic) bond motifs is 1. The zero-order valence-corrected chi connectivity index (χ0v) is 11.8. The summed E-state index contributed by atoms with van der Waals surface area (Å²) >= 11 is 1.12. The van der Waals surface area contributed by atoms with Crippen molar-refractivity contribution in [3.8, 4) is 0 Å². The van der Waals surface area contributed by atoms with Crippen molar-refractivity contribution < 1.29 is 17.9 Å². The summed E-state index contributed by atoms with van der Waals surface area (Å²) in [4.78, 5) is 12.4. The van der Waals surface area contributed by atoms with Crippen LogP contribution < -0.4 is 0 Å². The molecule has 0 unspecified atom stereocenters. The third-order valence-corrected chi connectivity index (χ3v) is 6.07. The average Bonchev–Trinajstić information content (AvgIpc) is 2.78. The molecule has 0 aromatic heterocycles. The molecule has 2 aliphatic rings. The van der Waals surface area contributed by atoms with Crippen molar-refractivity contribution >= 4 is 26.9 Å². The summed E-state index contributed by atoms with van der Waals surface area (Å²) in [6.07, 6.45) is 0.387. The summed E-state index contributed by atoms with van der Waals surface area (Å²) < 4.78 is 31.5. The van der Waals surface area contributed by atoms with E-state index >= 15 is 0 Å². The number of carbonyl (C=O) groups is 1. The molecule has 0 saturated carbocycles. The van der Waals surface area contributed by atoms with Crippen LogP contribution in [0.4, 0.5) is 0 Å². The van der Waals surface area contributed by atoms with Crippen LogP contribution in [0.1, 0.15) is 5.56 Å². The van der Waals surface area contributed by atoms with Gasteiger partial charge in [0.25, 0.3) is 0 Å². The molecule has 0 aliphatic carbocycles. The summed E-state index contributed by atoms with van der Waals surface area (Å²) in [6, 6.07) is 4.93. The Morgan fingerprint density at radius 1 is 1.21 bits per heavy atom. The summed E-state index contributed by atoms with van der Waals surface area (Å²) in [7, 11) is -3.47. The minimum Gasteiger partial charge on any atom is -0.379 e. The standard InChI is InChI=1S/C12H13NO4S2/c14-12-7-9-1-2-10(8-11(9)18-12)19(15,16)13-3-5-17-6-4-13/h1-2,8H,3-7H2. The van der Waals surface area contributed by atoms with Crippen LogP contribution >= 0.6 is 11.8 Å². The number of sulfonamides is 1. The molecule has 1 saturated heterocycles. The second kappa shape index (κ2) is 4.90. The quantitative estimate of drug-likeness (QED) is 0.811. The number of thioether (sulfide) groups is 1. The number of carbonyl (C=O) groups excluding carboxylic acids is 1. The van der Waals surface area contributed by atoms with Gasteiger partial charge in [0.05, 0.1) is 18.1 Å². The number of nitrogens with zero attached hydrogens (tertiary/aromatic N) is 1. The van der Waals surface area contributed by atoms with Crippen LogP contribution in [0.2, 0.25) is 0 Å². The van der Waals surface area contributed by atoms with E-state index < -0.39 is 10.0 Å². The highest BCUT2D eigenvalue weighted by Gasteiger charge is 2.28. The lowest BCUT2D eigenvalue weighted by molar-refractivity contribution is -0.110. The second-order valence-electron chi connectivity index (χ2n) is 4.44. The van der Waals surface area contributed by atoms with Crippen molar-refractivity contribution in [2.75, 3.05) is 26.3 Å². The van der Waals surface area contributed by atoms with Crippen molar-refractivity contribution in [2.45, 2.75) is 16.2 Å². The molecule has 1 aromatic carbocycles. The van der Waals surface area contributed by atoms with Gasteiger partial charge in [-0.2, -0.15) is 4.31 Å². The van der Waals surface area contributed by atoms with Gasteiger partial charge < -0.3 is 4.74 Å². The third kappa shape index (κ3) is 2.43. The highest BCUT2D eigenvalue weighted by atomic mass is 32.2. The van der Waals surface area contributed by atoms with Gasteiger partial charge in [-0.1, -0.05) is 17.8 Å². The van der Waals surface area contributed by atoms with Gasteiger partial charge in [-0.15, -0.1) is 0 Å². The minimum absolute atomic E-state index is 0.0657. The smallest absolute Gasteiger partial charge is 0.243 e. The summed E-state index contributed by atoms with van der Waals surface area (Å²) in [5.41, 5.74) is 0.913. The van der Waals surface area contributed by atoms with E-state index in [-0.39, 0.29) is 10.0 Å². The molecule has 0 atom stereocenters. The lowest BCUT2D eigenvalue weighted by atomic mass is 10.2. The maximum Gasteiger partial charge on any atom is 0.243 e. The number of benzene rings is 1. The van der Waals surface area contributed by atoms with Gasteiger partial charge in [-0.05, 0) is 17.7 Å². The third-order valence-electron chi connectivity index (χ3n) is 3.21. The van der Waals surface area contributed by atoms with Gasteiger partial charge in [0.1, 0.15) is 0 Å². The first-order chi connectivity index (χ1) is 9.07. The first-order valence-electron chi connectivity index (χ1n) is 5.99. The van der Waals surface area contributed by atoms with Gasteiger partial charge in [0, 0.05) is 24.4 Å². The van der Waals surface area contributed by atoms with Crippen LogP contribution in [0, 0.1) is 0 Å². The fourth-order valence-corrected chi connectivity index (χ4v) is 4.63. The molecule has 0 radical (unpaired) electrons. The monoisotopic (exact) mass is 299 g/mol. The van der Waals surface area contributed by atoms with E-state index in [1.807, 2.05) is 0 Å². The van der Waals surface area contributed by atoms with Crippen molar-refractivity contribution in [2.24, 2.45) is 0 Å². The van der Waals surface area contributed by atoms with Gasteiger partial charge in [-0.3, -0.25) is 4.79 Å². The fourth-order valence-electron chi connectivity index (χ4n) is 2.19. The first kappa shape index (κ1) is 13.1. The van der Waals surface area contributed by atoms with E-state index in [2.05, 4.69) is 0 Å². The molecule has 102 valence electrons. The Balaban J connectivity index is 1.93. The maximum absolute atomic E-state index is 12.4. The molecule has 5 nitrogen and oxygen atoms in total. The number of rotatable bonds is 2. The van der Waals surface area contributed by atoms with Gasteiger partial charge >= 0.3 is 0 Å². The molecule has 0 amide bonds. The van der Waals surface area contributed by atoms with E-state index in [4.69, 9.17) is 4.74 Å². The van der Waals surface area contributed by atoms with Gasteiger partial charge in [0.15, 0.2) is 5.12 Å². The highest BCUT2D eigenvalue weighted by Crippen LogP contribution is 2.34. The number of hydrogen-bond donors (Lipinski definition) is 0. The Morgan fingerprint density at radius 2 is 1.95 bits per heavy atom. The van der Waals surface area contributed by atoms with Crippen LogP contribution in [0.3, 0.4) is 0 Å². The zero-order chi connectivity index (χ0) is 13.5. The maximum atomic E-state index is 12.4. The highest BCUT2D eigenvalue weighted by molar-refractivity contribution is 8.14. The van der Waals surface area contributed by atoms with Gasteiger partial charge in [0.2, 0.25) is 10.0 Å². The van der Waals surface area contributed by atoms with E-state index in [0.29, 0.717) is 32.7 Å². The predicted molar refractivity (Wildman–Crippen MR) is 70.6 cm³/mol. The van der Waals surface area contributed by atoms with Crippen LogP contribution in [-0.4, -0.2) is 44.1 Å². The molecule has 7 heteroatoms. The molecular weight excluding hydrogens is 286 g/mol. The zero-order valence-electron chi connectivity index (χ0n) is 10.2. The van der Waals surface area contributed by atoms with E-state index in [1.54, 1.807) is 18.2 Å². The molecule has 2 aliphatic heterocycles. The second-order valence-corrected chi connectivity index (χ2v) is 7.47. The molecule has 3 rings (SSSR count). The minimum atomic E-state index is -3.47. The number of hydrogen-bond acceptors (Lipinski definition) is 5. The SMILES string of the molecule is O=C1Cc2ccc(S(=O)(=O)N3CCOCC3)cc2S1. The lowest BCUT2D eigenvalue weighted by Gasteiger charge is -2.26. The molecule has 1 fully saturated rings. The molecule has 0 bridgehead atoms. The molecule has 1 aromatic rings. The van der Waals surface area contributed by atoms with Gasteiger partial charge in [-0.25, -0.2) is 8.42 Å². The van der Waals surface area contributed by atoms with Crippen LogP contribution in [-0.2, 0) is 26.0 Å². The Bertz CT molecular complexity index is 621. The van der Waals surface area contributed by atoms with Crippen LogP contribution in [0.25, 0.3) is 0 Å². The largest absolute Gasteiger partial charge is 0.379 e. The molecule has 19 heavy (non-hydrogen) atoms. The Kier molecular flexibility index (Phi) is 3.38. The number of ether oxygens (including phenoxy) is 1. The van der Waals surface area contributed by atoms with Crippen LogP contribution in [0.5, 0.6) is 0 Å². The molecule has 0 N–H and O–H groups in total. The van der Waals surface area contributed by atoms with Crippen molar-refractivity contribution in [1.82, 2.24) is 4.31 Å². The normalized spacial score (nSPS) is 20.5. The number of morpholine rings is 1. The summed E-state index contributed by atoms with van der Waals surface area (Å²) in [6.45, 7) is 1.62. The average molecular weight is 299 g/mol. The van der Waals surface area contributed by atoms with E-state index in [1.165, 1.54) is 4.31 Å². The summed E-state index contributed by atoms with van der Waals surface area (Å²) in [5.74, 6) is 0. The van der Waals surface area contributed by atoms with Crippen molar-refractivity contribution in [3.05, 3.63) is 23.8 Å². The molecule has 2 heterocycles. The lowest BCUT2D eigenvalue weighted by Crippen LogP contribution is -2.40. The van der Waals surface area contributed by atoms with Crippen LogP contribution in [0.15, 0.2) is 28.0 Å². The Labute approximate surface area is 116 Å². The Hall–Kier alpha value is -0.890. The summed E-state index contributed by atoms with van der Waals surface area (Å²) in [5, 5.41) is 0.0657. The Morgan fingerprint density at radius 3 is 2.68 bits per heavy atom.